The van der Waals surface area contributed by atoms with E-state index in [0.29, 0.717) is 0 Å². The molecule has 0 aliphatic heterocycles. The van der Waals surface area contributed by atoms with Crippen LogP contribution in [0.3, 0.4) is 0 Å². The Labute approximate surface area is 103 Å². The molecule has 0 atom stereocenters. The predicted molar refractivity (Wildman–Crippen MR) is 75.5 cm³/mol. The second-order valence-corrected chi connectivity index (χ2v) is 5.54. The van der Waals surface area contributed by atoms with E-state index in [0.717, 1.165) is 27.6 Å². The van der Waals surface area contributed by atoms with Crippen LogP contribution in [0.4, 0.5) is 10.8 Å². The predicted octanol–water partition coefficient (Wildman–Crippen LogP) is 3.04. The Kier molecular flexibility index (Phi) is 3.90. The lowest BCUT2D eigenvalue weighted by Crippen LogP contribution is -2.01. The minimum absolute atomic E-state index is 0.796. The van der Waals surface area contributed by atoms with Crippen molar-refractivity contribution >= 4 is 44.1 Å². The van der Waals surface area contributed by atoms with Gasteiger partial charge in [-0.25, -0.2) is 4.98 Å². The molecule has 0 radical (unpaired) electrons. The zero-order valence-corrected chi connectivity index (χ0v) is 10.8. The molecule has 86 valence electrons. The molecule has 0 saturated carbocycles. The quantitative estimate of drug-likeness (QED) is 0.635. The Balaban J connectivity index is 2.02. The number of nitrogens with two attached hydrogens (primary N) is 1. The lowest BCUT2D eigenvalue weighted by molar-refractivity contribution is 0.991. The molecule has 2 rings (SSSR count). The van der Waals surface area contributed by atoms with E-state index in [-0.39, 0.29) is 0 Å². The number of nitrogen functional groups attached to an aromatic ring is 1. The average molecular weight is 253 g/mol. The second-order valence-electron chi connectivity index (χ2n) is 3.52. The van der Waals surface area contributed by atoms with Crippen molar-refractivity contribution in [2.24, 2.45) is 0 Å². The summed E-state index contributed by atoms with van der Waals surface area (Å²) < 4.78 is 1.15. The van der Waals surface area contributed by atoms with Gasteiger partial charge in [0.15, 0.2) is 5.13 Å². The molecule has 0 aliphatic rings. The van der Waals surface area contributed by atoms with Crippen molar-refractivity contribution in [1.29, 1.82) is 0 Å². The summed E-state index contributed by atoms with van der Waals surface area (Å²) in [7, 11) is 0. The number of nitrogens with zero attached hydrogens (tertiary/aromatic N) is 1. The van der Waals surface area contributed by atoms with Crippen molar-refractivity contribution in [3.63, 3.8) is 0 Å². The number of hydrogen-bond donors (Lipinski definition) is 2. The van der Waals surface area contributed by atoms with Crippen LogP contribution in [0.15, 0.2) is 18.2 Å². The largest absolute Gasteiger partial charge is 0.399 e. The first-order valence-corrected chi connectivity index (χ1v) is 7.39. The van der Waals surface area contributed by atoms with Gasteiger partial charge >= 0.3 is 0 Å². The van der Waals surface area contributed by atoms with Crippen LogP contribution in [-0.2, 0) is 0 Å². The van der Waals surface area contributed by atoms with E-state index in [1.165, 1.54) is 12.2 Å². The maximum Gasteiger partial charge on any atom is 0.183 e. The topological polar surface area (TPSA) is 50.9 Å². The van der Waals surface area contributed by atoms with E-state index < -0.39 is 0 Å². The number of thioether (sulfide) groups is 1. The molecular formula is C11H15N3S2. The van der Waals surface area contributed by atoms with Gasteiger partial charge in [0.2, 0.25) is 0 Å². The van der Waals surface area contributed by atoms with Gasteiger partial charge in [0.1, 0.15) is 0 Å². The Bertz CT molecular complexity index is 467. The molecule has 2 aromatic rings. The molecule has 0 unspecified atom stereocenters. The molecule has 0 fully saturated rings. The van der Waals surface area contributed by atoms with E-state index in [1.54, 1.807) is 11.3 Å². The minimum atomic E-state index is 0.796. The molecule has 0 bridgehead atoms. The zero-order valence-electron chi connectivity index (χ0n) is 9.19. The van der Waals surface area contributed by atoms with Crippen LogP contribution in [0.2, 0.25) is 0 Å². The molecule has 0 amide bonds. The maximum absolute atomic E-state index is 5.73. The summed E-state index contributed by atoms with van der Waals surface area (Å²) in [6.45, 7) is 0.982. The van der Waals surface area contributed by atoms with Gasteiger partial charge in [-0.1, -0.05) is 11.3 Å². The highest BCUT2D eigenvalue weighted by Gasteiger charge is 2.02. The second kappa shape index (κ2) is 5.41. The lowest BCUT2D eigenvalue weighted by atomic mass is 10.3. The number of nitrogens with one attached hydrogen (secondary N) is 1. The standard InChI is InChI=1S/C11H15N3S2/c1-15-6-2-5-13-11-14-9-4-3-8(12)7-10(9)16-11/h3-4,7H,2,5-6,12H2,1H3,(H,13,14). The van der Waals surface area contributed by atoms with E-state index in [9.17, 15) is 0 Å². The summed E-state index contributed by atoms with van der Waals surface area (Å²) >= 11 is 3.53. The van der Waals surface area contributed by atoms with Crippen LogP contribution in [0.5, 0.6) is 0 Å². The number of benzene rings is 1. The molecular weight excluding hydrogens is 238 g/mol. The summed E-state index contributed by atoms with van der Waals surface area (Å²) in [5.74, 6) is 1.19. The van der Waals surface area contributed by atoms with Crippen LogP contribution in [-0.4, -0.2) is 23.5 Å². The third-order valence-corrected chi connectivity index (χ3v) is 3.89. The first kappa shape index (κ1) is 11.5. The fraction of sp³-hybridized carbons (Fsp3) is 0.364. The first-order valence-electron chi connectivity index (χ1n) is 5.18. The molecule has 0 spiro atoms. The molecule has 1 aromatic carbocycles. The van der Waals surface area contributed by atoms with Crippen LogP contribution < -0.4 is 11.1 Å². The van der Waals surface area contributed by atoms with Gasteiger partial charge in [-0.15, -0.1) is 0 Å². The molecule has 3 nitrogen and oxygen atoms in total. The summed E-state index contributed by atoms with van der Waals surface area (Å²) in [5, 5.41) is 4.33. The van der Waals surface area contributed by atoms with Gasteiger partial charge in [-0.05, 0) is 36.6 Å². The van der Waals surface area contributed by atoms with Gasteiger partial charge in [0, 0.05) is 12.2 Å². The Hall–Kier alpha value is -0.940. The lowest BCUT2D eigenvalue weighted by Gasteiger charge is -1.99. The van der Waals surface area contributed by atoms with Crippen LogP contribution in [0, 0.1) is 0 Å². The first-order chi connectivity index (χ1) is 7.79. The maximum atomic E-state index is 5.73. The van der Waals surface area contributed by atoms with E-state index >= 15 is 0 Å². The summed E-state index contributed by atoms with van der Waals surface area (Å²) in [5.41, 5.74) is 7.54. The smallest absolute Gasteiger partial charge is 0.183 e. The number of fused-ring (bicyclic) bond motifs is 1. The fourth-order valence-corrected chi connectivity index (χ4v) is 2.80. The van der Waals surface area contributed by atoms with Gasteiger partial charge in [-0.2, -0.15) is 11.8 Å². The zero-order chi connectivity index (χ0) is 11.4. The van der Waals surface area contributed by atoms with Gasteiger partial charge in [0.05, 0.1) is 10.2 Å². The number of anilines is 2. The molecule has 1 heterocycles. The van der Waals surface area contributed by atoms with E-state index in [4.69, 9.17) is 5.73 Å². The molecule has 0 saturated heterocycles. The molecule has 16 heavy (non-hydrogen) atoms. The summed E-state index contributed by atoms with van der Waals surface area (Å²) in [6.07, 6.45) is 3.29. The van der Waals surface area contributed by atoms with Crippen molar-refractivity contribution in [1.82, 2.24) is 4.98 Å². The molecule has 3 N–H and O–H groups in total. The highest BCUT2D eigenvalue weighted by Crippen LogP contribution is 2.27. The number of thiazole rings is 1. The van der Waals surface area contributed by atoms with Gasteiger partial charge < -0.3 is 11.1 Å². The summed E-state index contributed by atoms with van der Waals surface area (Å²) in [6, 6.07) is 5.83. The van der Waals surface area contributed by atoms with E-state index in [2.05, 4.69) is 16.6 Å². The van der Waals surface area contributed by atoms with Crippen molar-refractivity contribution in [3.05, 3.63) is 18.2 Å². The highest BCUT2D eigenvalue weighted by atomic mass is 32.2. The van der Waals surface area contributed by atoms with Crippen LogP contribution in [0.1, 0.15) is 6.42 Å². The molecule has 0 aliphatic carbocycles. The normalized spacial score (nSPS) is 10.8. The Morgan fingerprint density at radius 2 is 2.38 bits per heavy atom. The number of rotatable bonds is 5. The van der Waals surface area contributed by atoms with Crippen molar-refractivity contribution in [3.8, 4) is 0 Å². The van der Waals surface area contributed by atoms with Crippen LogP contribution in [0.25, 0.3) is 10.2 Å². The van der Waals surface area contributed by atoms with Crippen molar-refractivity contribution in [2.45, 2.75) is 6.42 Å². The third-order valence-electron chi connectivity index (χ3n) is 2.21. The molecule has 1 aromatic heterocycles. The van der Waals surface area contributed by atoms with Crippen molar-refractivity contribution in [2.75, 3.05) is 29.6 Å². The third kappa shape index (κ3) is 2.80. The SMILES string of the molecule is CSCCCNc1nc2ccc(N)cc2s1. The Morgan fingerprint density at radius 1 is 1.50 bits per heavy atom. The number of aromatic nitrogens is 1. The monoisotopic (exact) mass is 253 g/mol. The summed E-state index contributed by atoms with van der Waals surface area (Å²) in [4.78, 5) is 4.50. The number of hydrogen-bond acceptors (Lipinski definition) is 5. The van der Waals surface area contributed by atoms with Crippen molar-refractivity contribution < 1.29 is 0 Å². The Morgan fingerprint density at radius 3 is 3.19 bits per heavy atom. The van der Waals surface area contributed by atoms with E-state index in [1.807, 2.05) is 30.0 Å². The fourth-order valence-electron chi connectivity index (χ4n) is 1.43. The van der Waals surface area contributed by atoms with Crippen LogP contribution >= 0.6 is 23.1 Å². The van der Waals surface area contributed by atoms with Gasteiger partial charge in [-0.3, -0.25) is 0 Å². The highest BCUT2D eigenvalue weighted by molar-refractivity contribution is 7.98. The molecule has 5 heteroatoms. The van der Waals surface area contributed by atoms with Gasteiger partial charge in [0.25, 0.3) is 0 Å². The average Bonchev–Trinajstić information content (AvgIpc) is 2.66. The minimum Gasteiger partial charge on any atom is -0.399 e.